The maximum absolute atomic E-state index is 9.11. The van der Waals surface area contributed by atoms with E-state index in [1.165, 1.54) is 0 Å². The SMILES string of the molecule is CCC(C)(N)COc1ccc(C#N)c2ccccc12. The molecule has 0 aromatic heterocycles. The number of nitrogens with zero attached hydrogens (tertiary/aromatic N) is 1. The van der Waals surface area contributed by atoms with Crippen molar-refractivity contribution < 1.29 is 4.74 Å². The van der Waals surface area contributed by atoms with Crippen LogP contribution < -0.4 is 10.5 Å². The summed E-state index contributed by atoms with van der Waals surface area (Å²) >= 11 is 0. The second kappa shape index (κ2) is 5.29. The lowest BCUT2D eigenvalue weighted by molar-refractivity contribution is 0.228. The monoisotopic (exact) mass is 254 g/mol. The van der Waals surface area contributed by atoms with Gasteiger partial charge in [-0.1, -0.05) is 31.2 Å². The predicted octanol–water partition coefficient (Wildman–Crippen LogP) is 3.22. The van der Waals surface area contributed by atoms with Crippen molar-refractivity contribution in [2.24, 2.45) is 5.73 Å². The van der Waals surface area contributed by atoms with E-state index in [2.05, 4.69) is 6.07 Å². The minimum absolute atomic E-state index is 0.338. The zero-order valence-corrected chi connectivity index (χ0v) is 11.3. The van der Waals surface area contributed by atoms with Crippen molar-refractivity contribution in [2.45, 2.75) is 25.8 Å². The maximum atomic E-state index is 9.11. The van der Waals surface area contributed by atoms with E-state index in [9.17, 15) is 0 Å². The third kappa shape index (κ3) is 2.86. The summed E-state index contributed by atoms with van der Waals surface area (Å²) < 4.78 is 5.84. The van der Waals surface area contributed by atoms with E-state index < -0.39 is 0 Å². The highest BCUT2D eigenvalue weighted by molar-refractivity contribution is 5.92. The lowest BCUT2D eigenvalue weighted by atomic mass is 10.0. The molecule has 98 valence electrons. The molecule has 0 spiro atoms. The summed E-state index contributed by atoms with van der Waals surface area (Å²) in [6.45, 7) is 4.47. The number of nitriles is 1. The quantitative estimate of drug-likeness (QED) is 0.911. The summed E-state index contributed by atoms with van der Waals surface area (Å²) in [5, 5.41) is 11.0. The van der Waals surface area contributed by atoms with Crippen molar-refractivity contribution in [1.82, 2.24) is 0 Å². The molecule has 0 saturated heterocycles. The summed E-state index contributed by atoms with van der Waals surface area (Å²) in [5.74, 6) is 0.778. The molecule has 1 atom stereocenters. The van der Waals surface area contributed by atoms with Crippen molar-refractivity contribution in [3.63, 3.8) is 0 Å². The van der Waals surface area contributed by atoms with Gasteiger partial charge in [0.25, 0.3) is 0 Å². The Morgan fingerprint density at radius 3 is 2.53 bits per heavy atom. The van der Waals surface area contributed by atoms with Crippen LogP contribution in [0.25, 0.3) is 10.8 Å². The number of hydrogen-bond donors (Lipinski definition) is 1. The minimum Gasteiger partial charge on any atom is -0.491 e. The van der Waals surface area contributed by atoms with Gasteiger partial charge in [-0.05, 0) is 25.5 Å². The molecule has 0 saturated carbocycles. The van der Waals surface area contributed by atoms with Crippen molar-refractivity contribution in [1.29, 1.82) is 5.26 Å². The standard InChI is InChI=1S/C16H18N2O/c1-3-16(2,18)11-19-15-9-8-12(10-17)13-6-4-5-7-14(13)15/h4-9H,3,11,18H2,1-2H3. The Labute approximate surface area is 113 Å². The fourth-order valence-electron chi connectivity index (χ4n) is 1.84. The van der Waals surface area contributed by atoms with Crippen LogP contribution in [0.5, 0.6) is 5.75 Å². The minimum atomic E-state index is -0.338. The van der Waals surface area contributed by atoms with Gasteiger partial charge < -0.3 is 10.5 Å². The summed E-state index contributed by atoms with van der Waals surface area (Å²) in [4.78, 5) is 0. The Morgan fingerprint density at radius 1 is 1.21 bits per heavy atom. The molecule has 1 unspecified atom stereocenters. The predicted molar refractivity (Wildman–Crippen MR) is 77.0 cm³/mol. The van der Waals surface area contributed by atoms with E-state index in [4.69, 9.17) is 15.7 Å². The Kier molecular flexibility index (Phi) is 3.73. The Balaban J connectivity index is 2.38. The molecule has 19 heavy (non-hydrogen) atoms. The number of hydrogen-bond acceptors (Lipinski definition) is 3. The van der Waals surface area contributed by atoms with Gasteiger partial charge in [-0.25, -0.2) is 0 Å². The van der Waals surface area contributed by atoms with Crippen LogP contribution in [0.2, 0.25) is 0 Å². The zero-order chi connectivity index (χ0) is 13.9. The first-order valence-electron chi connectivity index (χ1n) is 6.41. The van der Waals surface area contributed by atoms with Gasteiger partial charge in [0.2, 0.25) is 0 Å². The smallest absolute Gasteiger partial charge is 0.127 e. The van der Waals surface area contributed by atoms with E-state index in [1.807, 2.05) is 44.2 Å². The van der Waals surface area contributed by atoms with Crippen molar-refractivity contribution in [3.8, 4) is 11.8 Å². The molecular weight excluding hydrogens is 236 g/mol. The normalized spacial score (nSPS) is 13.8. The number of benzene rings is 2. The molecular formula is C16H18N2O. The Hall–Kier alpha value is -2.05. The third-order valence-electron chi connectivity index (χ3n) is 3.37. The van der Waals surface area contributed by atoms with E-state index >= 15 is 0 Å². The van der Waals surface area contributed by atoms with Crippen LogP contribution in [-0.2, 0) is 0 Å². The molecule has 0 amide bonds. The fourth-order valence-corrected chi connectivity index (χ4v) is 1.84. The molecule has 2 N–H and O–H groups in total. The Bertz CT molecular complexity index is 626. The lowest BCUT2D eigenvalue weighted by Gasteiger charge is -2.23. The molecule has 0 aliphatic heterocycles. The Morgan fingerprint density at radius 2 is 1.89 bits per heavy atom. The molecule has 0 aliphatic carbocycles. The topological polar surface area (TPSA) is 59.0 Å². The van der Waals surface area contributed by atoms with Gasteiger partial charge in [0.05, 0.1) is 11.6 Å². The third-order valence-corrected chi connectivity index (χ3v) is 3.37. The first kappa shape index (κ1) is 13.4. The van der Waals surface area contributed by atoms with Crippen LogP contribution in [0.15, 0.2) is 36.4 Å². The average molecular weight is 254 g/mol. The van der Waals surface area contributed by atoms with E-state index in [1.54, 1.807) is 6.07 Å². The molecule has 0 fully saturated rings. The molecule has 2 aromatic carbocycles. The first-order valence-corrected chi connectivity index (χ1v) is 6.41. The van der Waals surface area contributed by atoms with Gasteiger partial charge in [0.1, 0.15) is 12.4 Å². The van der Waals surface area contributed by atoms with Crippen molar-refractivity contribution in [2.75, 3.05) is 6.61 Å². The molecule has 2 rings (SSSR count). The number of fused-ring (bicyclic) bond motifs is 1. The highest BCUT2D eigenvalue weighted by atomic mass is 16.5. The molecule has 3 heteroatoms. The van der Waals surface area contributed by atoms with Gasteiger partial charge in [0, 0.05) is 16.3 Å². The maximum Gasteiger partial charge on any atom is 0.127 e. The average Bonchev–Trinajstić information content (AvgIpc) is 2.44. The summed E-state index contributed by atoms with van der Waals surface area (Å²) in [6, 6.07) is 13.6. The van der Waals surface area contributed by atoms with Crippen molar-refractivity contribution >= 4 is 10.8 Å². The first-order chi connectivity index (χ1) is 9.07. The van der Waals surface area contributed by atoms with Crippen LogP contribution in [0, 0.1) is 11.3 Å². The highest BCUT2D eigenvalue weighted by Gasteiger charge is 2.17. The van der Waals surface area contributed by atoms with Crippen LogP contribution in [0.3, 0.4) is 0 Å². The number of nitrogens with two attached hydrogens (primary N) is 1. The second-order valence-corrected chi connectivity index (χ2v) is 5.06. The summed E-state index contributed by atoms with van der Waals surface area (Å²) in [6.07, 6.45) is 0.848. The van der Waals surface area contributed by atoms with Crippen molar-refractivity contribution in [3.05, 3.63) is 42.0 Å². The molecule has 2 aromatic rings. The number of rotatable bonds is 4. The largest absolute Gasteiger partial charge is 0.491 e. The van der Waals surface area contributed by atoms with E-state index in [-0.39, 0.29) is 5.54 Å². The zero-order valence-electron chi connectivity index (χ0n) is 11.3. The van der Waals surface area contributed by atoms with Crippen LogP contribution in [-0.4, -0.2) is 12.1 Å². The van der Waals surface area contributed by atoms with Crippen LogP contribution >= 0.6 is 0 Å². The number of ether oxygens (including phenoxy) is 1. The molecule has 0 radical (unpaired) electrons. The van der Waals surface area contributed by atoms with E-state index in [0.29, 0.717) is 12.2 Å². The van der Waals surface area contributed by atoms with E-state index in [0.717, 1.165) is 22.9 Å². The van der Waals surface area contributed by atoms with Crippen LogP contribution in [0.1, 0.15) is 25.8 Å². The highest BCUT2D eigenvalue weighted by Crippen LogP contribution is 2.28. The van der Waals surface area contributed by atoms with Gasteiger partial charge in [0.15, 0.2) is 0 Å². The lowest BCUT2D eigenvalue weighted by Crippen LogP contribution is -2.41. The van der Waals surface area contributed by atoms with Crippen LogP contribution in [0.4, 0.5) is 0 Å². The van der Waals surface area contributed by atoms with Gasteiger partial charge >= 0.3 is 0 Å². The summed E-state index contributed by atoms with van der Waals surface area (Å²) in [5.41, 5.74) is 6.41. The fraction of sp³-hybridized carbons (Fsp3) is 0.312. The molecule has 0 heterocycles. The van der Waals surface area contributed by atoms with Gasteiger partial charge in [-0.2, -0.15) is 5.26 Å². The molecule has 0 bridgehead atoms. The van der Waals surface area contributed by atoms with Gasteiger partial charge in [-0.15, -0.1) is 0 Å². The molecule has 0 aliphatic rings. The van der Waals surface area contributed by atoms with Gasteiger partial charge in [-0.3, -0.25) is 0 Å². The molecule has 3 nitrogen and oxygen atoms in total. The second-order valence-electron chi connectivity index (χ2n) is 5.06. The summed E-state index contributed by atoms with van der Waals surface area (Å²) in [7, 11) is 0.